The van der Waals surface area contributed by atoms with Gasteiger partial charge in [-0.25, -0.2) is 0 Å². The molecule has 1 amide bonds. The molecule has 1 fully saturated rings. The van der Waals surface area contributed by atoms with Crippen molar-refractivity contribution in [3.63, 3.8) is 0 Å². The number of nitrogens with one attached hydrogen (secondary N) is 1. The molecular weight excluding hydrogens is 238 g/mol. The van der Waals surface area contributed by atoms with Gasteiger partial charge in [-0.15, -0.1) is 0 Å². The molecule has 3 rings (SSSR count). The molecule has 0 aromatic heterocycles. The molecular formula is C16H21NO2. The number of carbonyl (C=O) groups is 1. The van der Waals surface area contributed by atoms with Crippen molar-refractivity contribution in [3.05, 3.63) is 29.3 Å². The molecule has 1 saturated carbocycles. The Bertz CT molecular complexity index is 478. The van der Waals surface area contributed by atoms with E-state index in [0.717, 1.165) is 36.1 Å². The number of fused-ring (bicyclic) bond motifs is 1. The maximum atomic E-state index is 12.2. The molecule has 19 heavy (non-hydrogen) atoms. The van der Waals surface area contributed by atoms with E-state index in [2.05, 4.69) is 12.2 Å². The number of benzene rings is 1. The van der Waals surface area contributed by atoms with Gasteiger partial charge in [-0.2, -0.15) is 0 Å². The summed E-state index contributed by atoms with van der Waals surface area (Å²) in [7, 11) is 0. The van der Waals surface area contributed by atoms with Gasteiger partial charge in [0.15, 0.2) is 0 Å². The van der Waals surface area contributed by atoms with Crippen molar-refractivity contribution in [2.75, 3.05) is 0 Å². The molecule has 1 aliphatic carbocycles. The lowest BCUT2D eigenvalue weighted by molar-refractivity contribution is 0.0927. The molecule has 0 bridgehead atoms. The summed E-state index contributed by atoms with van der Waals surface area (Å²) in [4.78, 5) is 12.2. The van der Waals surface area contributed by atoms with Crippen LogP contribution < -0.4 is 10.1 Å². The third-order valence-electron chi connectivity index (χ3n) is 4.10. The minimum atomic E-state index is 0.0641. The predicted molar refractivity (Wildman–Crippen MR) is 74.6 cm³/mol. The molecule has 0 spiro atoms. The molecule has 1 aromatic carbocycles. The van der Waals surface area contributed by atoms with Crippen LogP contribution in [-0.2, 0) is 6.42 Å². The van der Waals surface area contributed by atoms with Crippen molar-refractivity contribution < 1.29 is 9.53 Å². The zero-order chi connectivity index (χ0) is 13.2. The van der Waals surface area contributed by atoms with E-state index < -0.39 is 0 Å². The highest BCUT2D eigenvalue weighted by Gasteiger charge is 2.21. The molecule has 0 radical (unpaired) electrons. The number of carbonyl (C=O) groups excluding carboxylic acids is 1. The van der Waals surface area contributed by atoms with Gasteiger partial charge in [-0.1, -0.05) is 19.3 Å². The summed E-state index contributed by atoms with van der Waals surface area (Å²) in [5, 5.41) is 3.16. The van der Waals surface area contributed by atoms with E-state index in [0.29, 0.717) is 6.04 Å². The van der Waals surface area contributed by atoms with Crippen LogP contribution in [0.5, 0.6) is 5.75 Å². The molecule has 2 aliphatic rings. The van der Waals surface area contributed by atoms with E-state index in [1.165, 1.54) is 19.3 Å². The normalized spacial score (nSPS) is 22.7. The van der Waals surface area contributed by atoms with Gasteiger partial charge in [-0.05, 0) is 43.5 Å². The Morgan fingerprint density at radius 3 is 2.84 bits per heavy atom. The Kier molecular flexibility index (Phi) is 3.45. The molecule has 102 valence electrons. The lowest BCUT2D eigenvalue weighted by Crippen LogP contribution is -2.36. The standard InChI is InChI=1S/C16H21NO2/c1-11-9-13-10-12(7-8-15(13)19-11)16(18)17-14-5-3-2-4-6-14/h7-8,10-11,14H,2-6,9H2,1H3,(H,17,18)/t11-/m0/s1. The third-order valence-corrected chi connectivity index (χ3v) is 4.10. The van der Waals surface area contributed by atoms with Crippen LogP contribution >= 0.6 is 0 Å². The van der Waals surface area contributed by atoms with Crippen molar-refractivity contribution in [1.29, 1.82) is 0 Å². The van der Waals surface area contributed by atoms with Crippen molar-refractivity contribution in [3.8, 4) is 5.75 Å². The summed E-state index contributed by atoms with van der Waals surface area (Å²) < 4.78 is 5.66. The topological polar surface area (TPSA) is 38.3 Å². The van der Waals surface area contributed by atoms with Gasteiger partial charge in [0, 0.05) is 18.0 Å². The second-order valence-electron chi connectivity index (χ2n) is 5.76. The van der Waals surface area contributed by atoms with Gasteiger partial charge in [0.05, 0.1) is 0 Å². The van der Waals surface area contributed by atoms with Crippen LogP contribution in [0.2, 0.25) is 0 Å². The number of amides is 1. The van der Waals surface area contributed by atoms with E-state index in [-0.39, 0.29) is 12.0 Å². The Balaban J connectivity index is 1.68. The molecule has 1 aliphatic heterocycles. The minimum absolute atomic E-state index is 0.0641. The van der Waals surface area contributed by atoms with Gasteiger partial charge in [0.25, 0.3) is 5.91 Å². The van der Waals surface area contributed by atoms with Crippen LogP contribution in [-0.4, -0.2) is 18.1 Å². The van der Waals surface area contributed by atoms with E-state index in [1.807, 2.05) is 18.2 Å². The fourth-order valence-corrected chi connectivity index (χ4v) is 3.08. The van der Waals surface area contributed by atoms with Crippen molar-refractivity contribution >= 4 is 5.91 Å². The lowest BCUT2D eigenvalue weighted by Gasteiger charge is -2.22. The van der Waals surface area contributed by atoms with Gasteiger partial charge >= 0.3 is 0 Å². The van der Waals surface area contributed by atoms with Crippen LogP contribution in [0.25, 0.3) is 0 Å². The lowest BCUT2D eigenvalue weighted by atomic mass is 9.95. The Morgan fingerprint density at radius 1 is 1.26 bits per heavy atom. The average Bonchev–Trinajstić information content (AvgIpc) is 2.78. The van der Waals surface area contributed by atoms with E-state index in [4.69, 9.17) is 4.74 Å². The Labute approximate surface area is 114 Å². The van der Waals surface area contributed by atoms with Gasteiger partial charge in [0.1, 0.15) is 11.9 Å². The monoisotopic (exact) mass is 259 g/mol. The highest BCUT2D eigenvalue weighted by molar-refractivity contribution is 5.94. The van der Waals surface area contributed by atoms with Crippen LogP contribution in [0.1, 0.15) is 54.9 Å². The van der Waals surface area contributed by atoms with Gasteiger partial charge in [0.2, 0.25) is 0 Å². The van der Waals surface area contributed by atoms with E-state index >= 15 is 0 Å². The third kappa shape index (κ3) is 2.75. The minimum Gasteiger partial charge on any atom is -0.490 e. The first-order valence-electron chi connectivity index (χ1n) is 7.33. The smallest absolute Gasteiger partial charge is 0.251 e. The quantitative estimate of drug-likeness (QED) is 0.886. The summed E-state index contributed by atoms with van der Waals surface area (Å²) in [5.41, 5.74) is 1.92. The van der Waals surface area contributed by atoms with Crippen molar-refractivity contribution in [2.45, 2.75) is 57.6 Å². The SMILES string of the molecule is C[C@H]1Cc2cc(C(=O)NC3CCCCC3)ccc2O1. The molecule has 1 aromatic rings. The van der Waals surface area contributed by atoms with E-state index in [9.17, 15) is 4.79 Å². The summed E-state index contributed by atoms with van der Waals surface area (Å²) in [6.07, 6.45) is 7.15. The molecule has 3 heteroatoms. The fraction of sp³-hybridized carbons (Fsp3) is 0.562. The average molecular weight is 259 g/mol. The number of hydrogen-bond acceptors (Lipinski definition) is 2. The van der Waals surface area contributed by atoms with Crippen LogP contribution in [0.3, 0.4) is 0 Å². The molecule has 1 N–H and O–H groups in total. The second kappa shape index (κ2) is 5.24. The first-order chi connectivity index (χ1) is 9.22. The molecule has 3 nitrogen and oxygen atoms in total. The second-order valence-corrected chi connectivity index (χ2v) is 5.76. The zero-order valence-electron chi connectivity index (χ0n) is 11.4. The summed E-state index contributed by atoms with van der Waals surface area (Å²) in [5.74, 6) is 0.996. The summed E-state index contributed by atoms with van der Waals surface area (Å²) >= 11 is 0. The van der Waals surface area contributed by atoms with Crippen LogP contribution in [0, 0.1) is 0 Å². The summed E-state index contributed by atoms with van der Waals surface area (Å²) in [6, 6.07) is 6.14. The van der Waals surface area contributed by atoms with Crippen molar-refractivity contribution in [1.82, 2.24) is 5.32 Å². The Morgan fingerprint density at radius 2 is 2.05 bits per heavy atom. The van der Waals surface area contributed by atoms with Crippen molar-refractivity contribution in [2.24, 2.45) is 0 Å². The summed E-state index contributed by atoms with van der Waals surface area (Å²) in [6.45, 7) is 2.06. The van der Waals surface area contributed by atoms with Crippen LogP contribution in [0.15, 0.2) is 18.2 Å². The molecule has 1 heterocycles. The van der Waals surface area contributed by atoms with Crippen LogP contribution in [0.4, 0.5) is 0 Å². The van der Waals surface area contributed by atoms with Gasteiger partial charge < -0.3 is 10.1 Å². The fourth-order valence-electron chi connectivity index (χ4n) is 3.08. The number of ether oxygens (including phenoxy) is 1. The Hall–Kier alpha value is -1.51. The molecule has 1 atom stereocenters. The highest BCUT2D eigenvalue weighted by Crippen LogP contribution is 2.29. The maximum absolute atomic E-state index is 12.2. The number of rotatable bonds is 2. The molecule has 0 saturated heterocycles. The molecule has 0 unspecified atom stereocenters. The number of hydrogen-bond donors (Lipinski definition) is 1. The van der Waals surface area contributed by atoms with E-state index in [1.54, 1.807) is 0 Å². The van der Waals surface area contributed by atoms with Gasteiger partial charge in [-0.3, -0.25) is 4.79 Å². The predicted octanol–water partition coefficient (Wildman–Crippen LogP) is 3.07. The first kappa shape index (κ1) is 12.5. The zero-order valence-corrected chi connectivity index (χ0v) is 11.4. The largest absolute Gasteiger partial charge is 0.490 e. The maximum Gasteiger partial charge on any atom is 0.251 e. The first-order valence-corrected chi connectivity index (χ1v) is 7.33. The highest BCUT2D eigenvalue weighted by atomic mass is 16.5.